The highest BCUT2D eigenvalue weighted by molar-refractivity contribution is 7.80. The van der Waals surface area contributed by atoms with Crippen molar-refractivity contribution in [3.8, 4) is 5.75 Å². The zero-order valence-electron chi connectivity index (χ0n) is 18.4. The fraction of sp³-hybridized carbons (Fsp3) is 0.304. The van der Waals surface area contributed by atoms with Crippen LogP contribution in [0.4, 0.5) is 5.69 Å². The van der Waals surface area contributed by atoms with Crippen LogP contribution in [0.2, 0.25) is 0 Å². The number of carbonyl (C=O) groups is 3. The standard InChI is InChI=1S/C23H28N4O4S/c1-4-5-14-31-19-12-8-16(9-13-19)21(29)25-23(32)27-26-22(30)17-6-10-18(11-7-17)24-20(28)15(2)3/h6-13,15H,4-5,14H2,1-3H3,(H,24,28)(H,26,30)(H2,25,27,29,32). The first-order valence-electron chi connectivity index (χ1n) is 10.4. The molecule has 0 aliphatic rings. The molecule has 0 saturated carbocycles. The normalized spacial score (nSPS) is 10.2. The molecule has 2 aromatic carbocycles. The highest BCUT2D eigenvalue weighted by Gasteiger charge is 2.11. The largest absolute Gasteiger partial charge is 0.494 e. The van der Waals surface area contributed by atoms with E-state index in [1.165, 1.54) is 0 Å². The number of rotatable bonds is 8. The van der Waals surface area contributed by atoms with E-state index in [-0.39, 0.29) is 16.9 Å². The highest BCUT2D eigenvalue weighted by atomic mass is 32.1. The van der Waals surface area contributed by atoms with Crippen molar-refractivity contribution in [3.63, 3.8) is 0 Å². The van der Waals surface area contributed by atoms with E-state index in [0.29, 0.717) is 29.2 Å². The van der Waals surface area contributed by atoms with Gasteiger partial charge in [0.15, 0.2) is 5.11 Å². The Balaban J connectivity index is 1.80. The van der Waals surface area contributed by atoms with E-state index in [9.17, 15) is 14.4 Å². The first-order valence-corrected chi connectivity index (χ1v) is 10.8. The van der Waals surface area contributed by atoms with E-state index in [1.807, 2.05) is 0 Å². The summed E-state index contributed by atoms with van der Waals surface area (Å²) in [5, 5.41) is 5.19. The van der Waals surface area contributed by atoms with E-state index < -0.39 is 11.8 Å². The fourth-order valence-electron chi connectivity index (χ4n) is 2.42. The van der Waals surface area contributed by atoms with Gasteiger partial charge in [-0.25, -0.2) is 0 Å². The topological polar surface area (TPSA) is 109 Å². The first-order chi connectivity index (χ1) is 15.3. The van der Waals surface area contributed by atoms with Gasteiger partial charge in [0.1, 0.15) is 5.75 Å². The van der Waals surface area contributed by atoms with Crippen molar-refractivity contribution in [3.05, 3.63) is 59.7 Å². The number of hydrogen-bond acceptors (Lipinski definition) is 5. The minimum Gasteiger partial charge on any atom is -0.494 e. The van der Waals surface area contributed by atoms with E-state index in [0.717, 1.165) is 12.8 Å². The number of ether oxygens (including phenoxy) is 1. The molecule has 0 fully saturated rings. The van der Waals surface area contributed by atoms with Gasteiger partial charge in [0.25, 0.3) is 11.8 Å². The second-order valence-electron chi connectivity index (χ2n) is 7.31. The predicted octanol–water partition coefficient (Wildman–Crippen LogP) is 3.41. The summed E-state index contributed by atoms with van der Waals surface area (Å²) >= 11 is 5.06. The lowest BCUT2D eigenvalue weighted by Gasteiger charge is -2.12. The van der Waals surface area contributed by atoms with Crippen LogP contribution in [0.1, 0.15) is 54.3 Å². The Labute approximate surface area is 193 Å². The van der Waals surface area contributed by atoms with Gasteiger partial charge in [-0.15, -0.1) is 0 Å². The van der Waals surface area contributed by atoms with E-state index in [4.69, 9.17) is 17.0 Å². The molecule has 3 amide bonds. The van der Waals surface area contributed by atoms with Crippen molar-refractivity contribution in [2.24, 2.45) is 5.92 Å². The molecule has 2 aromatic rings. The Hall–Kier alpha value is -3.46. The Kier molecular flexibility index (Phi) is 9.62. The molecule has 0 spiro atoms. The van der Waals surface area contributed by atoms with Crippen molar-refractivity contribution >= 4 is 40.7 Å². The van der Waals surface area contributed by atoms with Crippen LogP contribution >= 0.6 is 12.2 Å². The monoisotopic (exact) mass is 456 g/mol. The average molecular weight is 457 g/mol. The molecule has 0 unspecified atom stereocenters. The molecule has 0 bridgehead atoms. The van der Waals surface area contributed by atoms with Gasteiger partial charge in [0.05, 0.1) is 6.61 Å². The van der Waals surface area contributed by atoms with E-state index >= 15 is 0 Å². The molecule has 0 heterocycles. The van der Waals surface area contributed by atoms with Crippen molar-refractivity contribution in [1.29, 1.82) is 0 Å². The predicted molar refractivity (Wildman–Crippen MR) is 127 cm³/mol. The average Bonchev–Trinajstić information content (AvgIpc) is 2.78. The second-order valence-corrected chi connectivity index (χ2v) is 7.72. The summed E-state index contributed by atoms with van der Waals surface area (Å²) in [6.45, 7) is 6.30. The minimum absolute atomic E-state index is 0.0487. The number of unbranched alkanes of at least 4 members (excludes halogenated alkanes) is 1. The maximum Gasteiger partial charge on any atom is 0.269 e. The van der Waals surface area contributed by atoms with Gasteiger partial charge in [0.2, 0.25) is 5.91 Å². The van der Waals surface area contributed by atoms with Crippen molar-refractivity contribution in [2.75, 3.05) is 11.9 Å². The summed E-state index contributed by atoms with van der Waals surface area (Å²) < 4.78 is 5.57. The van der Waals surface area contributed by atoms with Crippen LogP contribution in [0.5, 0.6) is 5.75 Å². The minimum atomic E-state index is -0.447. The molecule has 0 radical (unpaired) electrons. The van der Waals surface area contributed by atoms with Gasteiger partial charge in [-0.3, -0.25) is 30.6 Å². The molecule has 170 valence electrons. The molecule has 0 aromatic heterocycles. The molecular formula is C23H28N4O4S. The second kappa shape index (κ2) is 12.4. The number of hydrazine groups is 1. The molecule has 32 heavy (non-hydrogen) atoms. The van der Waals surface area contributed by atoms with Gasteiger partial charge in [-0.1, -0.05) is 27.2 Å². The zero-order valence-corrected chi connectivity index (χ0v) is 19.2. The molecule has 9 heteroatoms. The number of thiocarbonyl (C=S) groups is 1. The molecule has 4 N–H and O–H groups in total. The number of amides is 3. The third-order valence-corrected chi connectivity index (χ3v) is 4.54. The summed E-state index contributed by atoms with van der Waals surface area (Å²) in [7, 11) is 0. The Morgan fingerprint density at radius 2 is 1.50 bits per heavy atom. The Morgan fingerprint density at radius 1 is 0.906 bits per heavy atom. The number of anilines is 1. The molecule has 0 saturated heterocycles. The van der Waals surface area contributed by atoms with Gasteiger partial charge in [-0.05, 0) is 67.2 Å². The van der Waals surface area contributed by atoms with Gasteiger partial charge in [-0.2, -0.15) is 0 Å². The van der Waals surface area contributed by atoms with Crippen LogP contribution in [-0.4, -0.2) is 29.4 Å². The summed E-state index contributed by atoms with van der Waals surface area (Å²) in [5.74, 6) is -0.421. The lowest BCUT2D eigenvalue weighted by molar-refractivity contribution is -0.118. The number of hydrogen-bond donors (Lipinski definition) is 4. The molecule has 2 rings (SSSR count). The van der Waals surface area contributed by atoms with Crippen LogP contribution in [0.15, 0.2) is 48.5 Å². The lowest BCUT2D eigenvalue weighted by Crippen LogP contribution is -2.48. The Bertz CT molecular complexity index is 943. The van der Waals surface area contributed by atoms with Gasteiger partial charge >= 0.3 is 0 Å². The van der Waals surface area contributed by atoms with Gasteiger partial charge < -0.3 is 10.1 Å². The van der Waals surface area contributed by atoms with Gasteiger partial charge in [0, 0.05) is 22.7 Å². The van der Waals surface area contributed by atoms with Crippen molar-refractivity contribution in [2.45, 2.75) is 33.6 Å². The molecule has 0 aliphatic carbocycles. The molecule has 0 atom stereocenters. The molecule has 0 aliphatic heterocycles. The summed E-state index contributed by atoms with van der Waals surface area (Å²) in [4.78, 5) is 36.2. The zero-order chi connectivity index (χ0) is 23.5. The third kappa shape index (κ3) is 7.99. The maximum absolute atomic E-state index is 12.3. The quantitative estimate of drug-likeness (QED) is 0.275. The maximum atomic E-state index is 12.3. The van der Waals surface area contributed by atoms with Crippen LogP contribution in [-0.2, 0) is 4.79 Å². The van der Waals surface area contributed by atoms with Crippen molar-refractivity contribution in [1.82, 2.24) is 16.2 Å². The third-order valence-electron chi connectivity index (χ3n) is 4.34. The van der Waals surface area contributed by atoms with E-state index in [2.05, 4.69) is 28.4 Å². The SMILES string of the molecule is CCCCOc1ccc(C(=O)NC(=S)NNC(=O)c2ccc(NC(=O)C(C)C)cc2)cc1. The first kappa shape index (κ1) is 24.8. The summed E-state index contributed by atoms with van der Waals surface area (Å²) in [6.07, 6.45) is 2.01. The van der Waals surface area contributed by atoms with E-state index in [1.54, 1.807) is 62.4 Å². The van der Waals surface area contributed by atoms with Crippen LogP contribution in [0.25, 0.3) is 0 Å². The van der Waals surface area contributed by atoms with Crippen LogP contribution in [0, 0.1) is 5.92 Å². The number of benzene rings is 2. The Morgan fingerprint density at radius 3 is 2.09 bits per heavy atom. The molecule has 8 nitrogen and oxygen atoms in total. The van der Waals surface area contributed by atoms with Crippen LogP contribution < -0.4 is 26.2 Å². The van der Waals surface area contributed by atoms with Crippen LogP contribution in [0.3, 0.4) is 0 Å². The smallest absolute Gasteiger partial charge is 0.269 e. The number of nitrogens with one attached hydrogen (secondary N) is 4. The van der Waals surface area contributed by atoms with Crippen molar-refractivity contribution < 1.29 is 19.1 Å². The fourth-order valence-corrected chi connectivity index (χ4v) is 2.56. The summed E-state index contributed by atoms with van der Waals surface area (Å²) in [5.41, 5.74) is 6.27. The highest BCUT2D eigenvalue weighted by Crippen LogP contribution is 2.13. The number of carbonyl (C=O) groups excluding carboxylic acids is 3. The molecular weight excluding hydrogens is 428 g/mol. The lowest BCUT2D eigenvalue weighted by atomic mass is 10.1. The summed E-state index contributed by atoms with van der Waals surface area (Å²) in [6, 6.07) is 13.1.